The van der Waals surface area contributed by atoms with Gasteiger partial charge in [-0.15, -0.1) is 0 Å². The number of aryl methyl sites for hydroxylation is 2. The Labute approximate surface area is 158 Å². The van der Waals surface area contributed by atoms with Gasteiger partial charge in [0.2, 0.25) is 0 Å². The van der Waals surface area contributed by atoms with E-state index in [4.69, 9.17) is 0 Å². The number of benzene rings is 1. The maximum absolute atomic E-state index is 12.2. The first-order chi connectivity index (χ1) is 12.7. The van der Waals surface area contributed by atoms with Crippen LogP contribution in [0.4, 0.5) is 0 Å². The topological polar surface area (TPSA) is 74.0 Å². The van der Waals surface area contributed by atoms with Gasteiger partial charge in [-0.1, -0.05) is 18.1 Å². The van der Waals surface area contributed by atoms with Gasteiger partial charge in [0.1, 0.15) is 17.4 Å². The Morgan fingerprint density at radius 1 is 1.11 bits per heavy atom. The zero-order valence-electron chi connectivity index (χ0n) is 15.3. The number of pyridine rings is 1. The number of imidazole rings is 1. The molecule has 0 radical (unpaired) electrons. The summed E-state index contributed by atoms with van der Waals surface area (Å²) in [5, 5.41) is 0. The van der Waals surface area contributed by atoms with Crippen LogP contribution in [-0.4, -0.2) is 28.8 Å². The highest BCUT2D eigenvalue weighted by atomic mass is 32.2. The van der Waals surface area contributed by atoms with Crippen LogP contribution in [0, 0.1) is 25.7 Å². The van der Waals surface area contributed by atoms with Crippen LogP contribution < -0.4 is 5.56 Å². The predicted octanol–water partition coefficient (Wildman–Crippen LogP) is 2.05. The minimum atomic E-state index is -3.29. The van der Waals surface area contributed by atoms with E-state index < -0.39 is 15.4 Å². The van der Waals surface area contributed by atoms with Crippen molar-refractivity contribution in [1.82, 2.24) is 14.1 Å². The van der Waals surface area contributed by atoms with Crippen molar-refractivity contribution in [2.24, 2.45) is 0 Å². The number of hydrogen-bond donors (Lipinski definition) is 0. The molecule has 7 heteroatoms. The van der Waals surface area contributed by atoms with Crippen LogP contribution in [0.2, 0.25) is 0 Å². The molecule has 0 spiro atoms. The zero-order valence-corrected chi connectivity index (χ0v) is 16.1. The molecule has 0 bridgehead atoms. The largest absolute Gasteiger partial charge is 0.302 e. The Morgan fingerprint density at radius 3 is 2.56 bits per heavy atom. The molecule has 6 nitrogen and oxygen atoms in total. The van der Waals surface area contributed by atoms with E-state index in [-0.39, 0.29) is 5.88 Å². The van der Waals surface area contributed by atoms with E-state index in [2.05, 4.69) is 16.8 Å². The molecule has 3 aromatic rings. The van der Waals surface area contributed by atoms with Crippen LogP contribution in [0.15, 0.2) is 53.6 Å². The minimum Gasteiger partial charge on any atom is -0.302 e. The zero-order chi connectivity index (χ0) is 19.6. The van der Waals surface area contributed by atoms with Gasteiger partial charge in [-0.25, -0.2) is 13.4 Å². The number of rotatable bonds is 3. The van der Waals surface area contributed by atoms with Crippen LogP contribution in [-0.2, 0) is 15.7 Å². The van der Waals surface area contributed by atoms with E-state index in [1.54, 1.807) is 16.8 Å². The van der Waals surface area contributed by atoms with Crippen molar-refractivity contribution < 1.29 is 8.42 Å². The second-order valence-corrected chi connectivity index (χ2v) is 8.52. The summed E-state index contributed by atoms with van der Waals surface area (Å²) in [7, 11) is -3.29. The molecule has 1 aromatic carbocycles. The van der Waals surface area contributed by atoms with Crippen molar-refractivity contribution in [1.29, 1.82) is 0 Å². The summed E-state index contributed by atoms with van der Waals surface area (Å²) in [5.74, 6) is 6.45. The van der Waals surface area contributed by atoms with Crippen molar-refractivity contribution in [3.05, 3.63) is 81.8 Å². The maximum atomic E-state index is 12.2. The van der Waals surface area contributed by atoms with Gasteiger partial charge >= 0.3 is 0 Å². The molecule has 0 aliphatic heterocycles. The van der Waals surface area contributed by atoms with Gasteiger partial charge in [0.25, 0.3) is 5.56 Å². The normalized spacial score (nSPS) is 11.1. The summed E-state index contributed by atoms with van der Waals surface area (Å²) in [5.41, 5.74) is 2.86. The number of sulfone groups is 1. The Bertz CT molecular complexity index is 1230. The molecule has 2 aromatic heterocycles. The van der Waals surface area contributed by atoms with Gasteiger partial charge in [0, 0.05) is 30.3 Å². The Balaban J connectivity index is 1.91. The summed E-state index contributed by atoms with van der Waals surface area (Å²) in [6, 6.07) is 11.0. The van der Waals surface area contributed by atoms with Crippen LogP contribution in [0.25, 0.3) is 5.69 Å². The standard InChI is InChI=1S/C20H19N3O3S/c1-15-5-4-6-17(11-15)7-8-18-13-23(16(2)21-18)19-9-10-22(20(24)12-19)14-27(3,25)26/h4-6,9-13H,14H2,1-3H3. The monoisotopic (exact) mass is 381 g/mol. The van der Waals surface area contributed by atoms with Gasteiger partial charge in [-0.2, -0.15) is 0 Å². The van der Waals surface area contributed by atoms with Crippen molar-refractivity contribution >= 4 is 9.84 Å². The van der Waals surface area contributed by atoms with Gasteiger partial charge in [-0.3, -0.25) is 4.79 Å². The van der Waals surface area contributed by atoms with E-state index in [0.29, 0.717) is 17.2 Å². The first kappa shape index (κ1) is 18.7. The number of aromatic nitrogens is 3. The molecule has 27 heavy (non-hydrogen) atoms. The fourth-order valence-electron chi connectivity index (χ4n) is 2.66. The quantitative estimate of drug-likeness (QED) is 0.651. The van der Waals surface area contributed by atoms with E-state index in [1.807, 2.05) is 38.1 Å². The van der Waals surface area contributed by atoms with E-state index in [9.17, 15) is 13.2 Å². The van der Waals surface area contributed by atoms with Crippen molar-refractivity contribution in [2.75, 3.05) is 6.26 Å². The van der Waals surface area contributed by atoms with Crippen LogP contribution in [0.3, 0.4) is 0 Å². The lowest BCUT2D eigenvalue weighted by Crippen LogP contribution is -2.23. The number of nitrogens with zero attached hydrogens (tertiary/aromatic N) is 3. The van der Waals surface area contributed by atoms with Crippen molar-refractivity contribution in [2.45, 2.75) is 19.7 Å². The average Bonchev–Trinajstić information content (AvgIpc) is 2.95. The average molecular weight is 381 g/mol. The maximum Gasteiger partial charge on any atom is 0.253 e. The molecule has 138 valence electrons. The molecule has 0 aliphatic carbocycles. The molecule has 0 fully saturated rings. The van der Waals surface area contributed by atoms with Crippen LogP contribution in [0.1, 0.15) is 22.6 Å². The van der Waals surface area contributed by atoms with Crippen molar-refractivity contribution in [3.8, 4) is 17.5 Å². The van der Waals surface area contributed by atoms with Crippen LogP contribution >= 0.6 is 0 Å². The molecule has 0 amide bonds. The Morgan fingerprint density at radius 2 is 1.89 bits per heavy atom. The fraction of sp³-hybridized carbons (Fsp3) is 0.200. The SMILES string of the molecule is Cc1cccc(C#Cc2cn(-c3ccn(CS(C)(=O)=O)c(=O)c3)c(C)n2)c1. The van der Waals surface area contributed by atoms with Crippen molar-refractivity contribution in [3.63, 3.8) is 0 Å². The molecule has 0 unspecified atom stereocenters. The minimum absolute atomic E-state index is 0.345. The summed E-state index contributed by atoms with van der Waals surface area (Å²) in [4.78, 5) is 16.6. The van der Waals surface area contributed by atoms with Gasteiger partial charge < -0.3 is 9.13 Å². The smallest absolute Gasteiger partial charge is 0.253 e. The molecule has 0 saturated carbocycles. The van der Waals surface area contributed by atoms with Gasteiger partial charge in [0.05, 0.1) is 5.69 Å². The lowest BCUT2D eigenvalue weighted by Gasteiger charge is -2.07. The molecule has 0 N–H and O–H groups in total. The first-order valence-corrected chi connectivity index (χ1v) is 10.3. The van der Waals surface area contributed by atoms with E-state index in [0.717, 1.165) is 21.9 Å². The lowest BCUT2D eigenvalue weighted by molar-refractivity contribution is 0.588. The third kappa shape index (κ3) is 4.74. The summed E-state index contributed by atoms with van der Waals surface area (Å²) in [6.07, 6.45) is 4.32. The summed E-state index contributed by atoms with van der Waals surface area (Å²) in [6.45, 7) is 3.83. The molecule has 3 rings (SSSR count). The van der Waals surface area contributed by atoms with E-state index >= 15 is 0 Å². The van der Waals surface area contributed by atoms with Gasteiger partial charge in [-0.05, 0) is 43.5 Å². The molecular formula is C20H19N3O3S. The second-order valence-electron chi connectivity index (χ2n) is 6.41. The van der Waals surface area contributed by atoms with Crippen LogP contribution in [0.5, 0.6) is 0 Å². The molecular weight excluding hydrogens is 362 g/mol. The van der Waals surface area contributed by atoms with Gasteiger partial charge in [0.15, 0.2) is 9.84 Å². The third-order valence-electron chi connectivity index (χ3n) is 3.87. The molecule has 0 atom stereocenters. The highest BCUT2D eigenvalue weighted by molar-refractivity contribution is 7.89. The first-order valence-electron chi connectivity index (χ1n) is 8.24. The summed E-state index contributed by atoms with van der Waals surface area (Å²) >= 11 is 0. The highest BCUT2D eigenvalue weighted by Crippen LogP contribution is 2.11. The lowest BCUT2D eigenvalue weighted by atomic mass is 10.1. The van der Waals surface area contributed by atoms with E-state index in [1.165, 1.54) is 12.3 Å². The third-order valence-corrected chi connectivity index (χ3v) is 4.61. The number of hydrogen-bond acceptors (Lipinski definition) is 4. The highest BCUT2D eigenvalue weighted by Gasteiger charge is 2.09. The molecule has 0 saturated heterocycles. The fourth-order valence-corrected chi connectivity index (χ4v) is 3.38. The molecule has 0 aliphatic rings. The Kier molecular flexibility index (Phi) is 5.02. The predicted molar refractivity (Wildman–Crippen MR) is 105 cm³/mol. The summed E-state index contributed by atoms with van der Waals surface area (Å²) < 4.78 is 25.7. The molecule has 2 heterocycles. The second kappa shape index (κ2) is 7.25. The Hall–Kier alpha value is -3.11.